The minimum absolute atomic E-state index is 0.0456. The zero-order chi connectivity index (χ0) is 17.1. The standard InChI is InChI=1S/C17H21N5O2/c1-20-7-9-21(10-8-20)14-4-5-16(22(23)24)15(11-14)17(18)13-3-2-6-19-12-13/h2-6,11-12,17H,7-10,18H2,1H3. The molecule has 7 nitrogen and oxygen atoms in total. The summed E-state index contributed by atoms with van der Waals surface area (Å²) in [5, 5.41) is 11.4. The Balaban J connectivity index is 1.96. The first-order valence-electron chi connectivity index (χ1n) is 7.93. The molecule has 1 unspecified atom stereocenters. The van der Waals surface area contributed by atoms with Gasteiger partial charge in [-0.2, -0.15) is 0 Å². The number of benzene rings is 1. The number of nitrogens with two attached hydrogens (primary N) is 1. The first-order valence-corrected chi connectivity index (χ1v) is 7.93. The van der Waals surface area contributed by atoms with Gasteiger partial charge in [-0.3, -0.25) is 15.1 Å². The van der Waals surface area contributed by atoms with Crippen LogP contribution in [0.5, 0.6) is 0 Å². The SMILES string of the molecule is CN1CCN(c2ccc([N+](=O)[O-])c(C(N)c3cccnc3)c2)CC1. The van der Waals surface area contributed by atoms with Gasteiger partial charge < -0.3 is 15.5 Å². The molecule has 1 aliphatic heterocycles. The minimum Gasteiger partial charge on any atom is -0.369 e. The Labute approximate surface area is 140 Å². The lowest BCUT2D eigenvalue weighted by atomic mass is 9.98. The van der Waals surface area contributed by atoms with Crippen molar-refractivity contribution in [2.24, 2.45) is 5.73 Å². The van der Waals surface area contributed by atoms with E-state index in [2.05, 4.69) is 21.8 Å². The highest BCUT2D eigenvalue weighted by Gasteiger charge is 2.23. The van der Waals surface area contributed by atoms with Gasteiger partial charge in [0.1, 0.15) is 0 Å². The number of nitrogens with zero attached hydrogens (tertiary/aromatic N) is 4. The van der Waals surface area contributed by atoms with E-state index in [0.717, 1.165) is 37.4 Å². The van der Waals surface area contributed by atoms with Gasteiger partial charge in [0, 0.05) is 50.3 Å². The molecule has 0 aliphatic carbocycles. The molecule has 7 heteroatoms. The number of hydrogen-bond donors (Lipinski definition) is 1. The number of rotatable bonds is 4. The van der Waals surface area contributed by atoms with Crippen molar-refractivity contribution >= 4 is 11.4 Å². The Kier molecular flexibility index (Phi) is 4.73. The number of nitro groups is 1. The summed E-state index contributed by atoms with van der Waals surface area (Å²) >= 11 is 0. The van der Waals surface area contributed by atoms with Crippen molar-refractivity contribution in [3.63, 3.8) is 0 Å². The lowest BCUT2D eigenvalue weighted by Crippen LogP contribution is -2.44. The maximum atomic E-state index is 11.4. The summed E-state index contributed by atoms with van der Waals surface area (Å²) in [5.41, 5.74) is 8.60. The molecule has 0 spiro atoms. The number of nitro benzene ring substituents is 1. The second-order valence-electron chi connectivity index (χ2n) is 6.05. The van der Waals surface area contributed by atoms with Gasteiger partial charge in [-0.25, -0.2) is 0 Å². The van der Waals surface area contributed by atoms with E-state index < -0.39 is 6.04 Å². The molecule has 24 heavy (non-hydrogen) atoms. The first kappa shape index (κ1) is 16.4. The molecular weight excluding hydrogens is 306 g/mol. The molecule has 2 aromatic rings. The molecule has 0 radical (unpaired) electrons. The summed E-state index contributed by atoms with van der Waals surface area (Å²) in [6.45, 7) is 3.74. The van der Waals surface area contributed by atoms with Gasteiger partial charge in [0.05, 0.1) is 16.5 Å². The molecule has 1 aromatic heterocycles. The lowest BCUT2D eigenvalue weighted by Gasteiger charge is -2.34. The van der Waals surface area contributed by atoms with E-state index in [1.54, 1.807) is 24.5 Å². The number of pyridine rings is 1. The van der Waals surface area contributed by atoms with Crippen molar-refractivity contribution < 1.29 is 4.92 Å². The molecule has 1 atom stereocenters. The van der Waals surface area contributed by atoms with Crippen LogP contribution in [-0.4, -0.2) is 48.0 Å². The predicted octanol–water partition coefficient (Wildman–Crippen LogP) is 1.79. The first-order chi connectivity index (χ1) is 11.6. The predicted molar refractivity (Wildman–Crippen MR) is 93.1 cm³/mol. The summed E-state index contributed by atoms with van der Waals surface area (Å²) in [6.07, 6.45) is 3.31. The summed E-state index contributed by atoms with van der Waals surface area (Å²) in [4.78, 5) is 19.6. The van der Waals surface area contributed by atoms with Gasteiger partial charge in [-0.1, -0.05) is 6.07 Å². The van der Waals surface area contributed by atoms with Crippen molar-refractivity contribution in [1.29, 1.82) is 0 Å². The third kappa shape index (κ3) is 3.37. The maximum Gasteiger partial charge on any atom is 0.274 e. The van der Waals surface area contributed by atoms with Crippen molar-refractivity contribution in [2.45, 2.75) is 6.04 Å². The number of hydrogen-bond acceptors (Lipinski definition) is 6. The zero-order valence-corrected chi connectivity index (χ0v) is 13.6. The van der Waals surface area contributed by atoms with Crippen LogP contribution in [0.15, 0.2) is 42.7 Å². The van der Waals surface area contributed by atoms with Gasteiger partial charge in [-0.15, -0.1) is 0 Å². The molecular formula is C17H21N5O2. The quantitative estimate of drug-likeness (QED) is 0.680. The summed E-state index contributed by atoms with van der Waals surface area (Å²) in [5.74, 6) is 0. The third-order valence-corrected chi connectivity index (χ3v) is 4.45. The fourth-order valence-electron chi connectivity index (χ4n) is 2.96. The number of likely N-dealkylation sites (N-methyl/N-ethyl adjacent to an activating group) is 1. The van der Waals surface area contributed by atoms with Crippen molar-refractivity contribution in [2.75, 3.05) is 38.1 Å². The smallest absolute Gasteiger partial charge is 0.274 e. The highest BCUT2D eigenvalue weighted by Crippen LogP contribution is 2.32. The fourth-order valence-corrected chi connectivity index (χ4v) is 2.96. The minimum atomic E-state index is -0.577. The van der Waals surface area contributed by atoms with Gasteiger partial charge >= 0.3 is 0 Å². The molecule has 1 aromatic carbocycles. The van der Waals surface area contributed by atoms with E-state index in [0.29, 0.717) is 5.56 Å². The number of anilines is 1. The van der Waals surface area contributed by atoms with Gasteiger partial charge in [0.2, 0.25) is 0 Å². The van der Waals surface area contributed by atoms with E-state index in [4.69, 9.17) is 5.73 Å². The van der Waals surface area contributed by atoms with Crippen LogP contribution >= 0.6 is 0 Å². The van der Waals surface area contributed by atoms with Crippen LogP contribution in [0.2, 0.25) is 0 Å². The third-order valence-electron chi connectivity index (χ3n) is 4.45. The van der Waals surface area contributed by atoms with E-state index in [1.165, 1.54) is 0 Å². The molecule has 0 bridgehead atoms. The van der Waals surface area contributed by atoms with Crippen molar-refractivity contribution in [3.05, 3.63) is 64.0 Å². The summed E-state index contributed by atoms with van der Waals surface area (Å²) in [6, 6.07) is 8.25. The van der Waals surface area contributed by atoms with Crippen LogP contribution in [-0.2, 0) is 0 Å². The second kappa shape index (κ2) is 6.94. The molecule has 0 saturated carbocycles. The largest absolute Gasteiger partial charge is 0.369 e. The summed E-state index contributed by atoms with van der Waals surface area (Å²) in [7, 11) is 2.09. The Morgan fingerprint density at radius 1 is 1.25 bits per heavy atom. The molecule has 1 saturated heterocycles. The van der Waals surface area contributed by atoms with Crippen molar-refractivity contribution in [1.82, 2.24) is 9.88 Å². The Hall–Kier alpha value is -2.51. The highest BCUT2D eigenvalue weighted by atomic mass is 16.6. The molecule has 1 aliphatic rings. The molecule has 2 N–H and O–H groups in total. The Morgan fingerprint density at radius 3 is 2.62 bits per heavy atom. The van der Waals surface area contributed by atoms with E-state index in [9.17, 15) is 10.1 Å². The van der Waals surface area contributed by atoms with Gasteiger partial charge in [0.25, 0.3) is 5.69 Å². The van der Waals surface area contributed by atoms with Gasteiger partial charge in [0.15, 0.2) is 0 Å². The number of aromatic nitrogens is 1. The Bertz CT molecular complexity index is 714. The maximum absolute atomic E-state index is 11.4. The summed E-state index contributed by atoms with van der Waals surface area (Å²) < 4.78 is 0. The van der Waals surface area contributed by atoms with Gasteiger partial charge in [-0.05, 0) is 30.8 Å². The van der Waals surface area contributed by atoms with Crippen LogP contribution < -0.4 is 10.6 Å². The average Bonchev–Trinajstić information content (AvgIpc) is 2.62. The molecule has 1 fully saturated rings. The molecule has 3 rings (SSSR count). The normalized spacial score (nSPS) is 16.8. The van der Waals surface area contributed by atoms with Crippen LogP contribution in [0.25, 0.3) is 0 Å². The van der Waals surface area contributed by atoms with E-state index in [-0.39, 0.29) is 10.6 Å². The molecule has 126 valence electrons. The van der Waals surface area contributed by atoms with Crippen LogP contribution in [0.4, 0.5) is 11.4 Å². The lowest BCUT2D eigenvalue weighted by molar-refractivity contribution is -0.385. The zero-order valence-electron chi connectivity index (χ0n) is 13.6. The fraction of sp³-hybridized carbons (Fsp3) is 0.353. The number of piperazine rings is 1. The van der Waals surface area contributed by atoms with Crippen LogP contribution in [0, 0.1) is 10.1 Å². The Morgan fingerprint density at radius 2 is 2.00 bits per heavy atom. The molecule has 2 heterocycles. The van der Waals surface area contributed by atoms with Crippen molar-refractivity contribution in [3.8, 4) is 0 Å². The monoisotopic (exact) mass is 327 g/mol. The van der Waals surface area contributed by atoms with E-state index in [1.807, 2.05) is 18.2 Å². The topological polar surface area (TPSA) is 88.5 Å². The average molecular weight is 327 g/mol. The highest BCUT2D eigenvalue weighted by molar-refractivity contribution is 5.58. The van der Waals surface area contributed by atoms with Crippen LogP contribution in [0.3, 0.4) is 0 Å². The molecule has 0 amide bonds. The van der Waals surface area contributed by atoms with E-state index >= 15 is 0 Å². The second-order valence-corrected chi connectivity index (χ2v) is 6.05. The van der Waals surface area contributed by atoms with Crippen LogP contribution in [0.1, 0.15) is 17.2 Å².